The maximum Gasteiger partial charge on any atom is 0.228 e. The smallest absolute Gasteiger partial charge is 0.228 e. The molecule has 2 nitrogen and oxygen atoms in total. The fourth-order valence-corrected chi connectivity index (χ4v) is 2.10. The summed E-state index contributed by atoms with van der Waals surface area (Å²) in [6.07, 6.45) is 1.48. The van der Waals surface area contributed by atoms with Gasteiger partial charge < -0.3 is 5.73 Å². The molecule has 1 fully saturated rings. The van der Waals surface area contributed by atoms with E-state index in [1.165, 1.54) is 6.07 Å². The number of rotatable bonds is 3. The molecule has 0 heterocycles. The van der Waals surface area contributed by atoms with Crippen molar-refractivity contribution in [1.82, 2.24) is 0 Å². The van der Waals surface area contributed by atoms with Gasteiger partial charge in [-0.2, -0.15) is 0 Å². The van der Waals surface area contributed by atoms with Crippen molar-refractivity contribution >= 4 is 5.91 Å². The summed E-state index contributed by atoms with van der Waals surface area (Å²) in [6, 6.07) is 5.06. The fourth-order valence-electron chi connectivity index (χ4n) is 2.10. The molecule has 1 aromatic rings. The van der Waals surface area contributed by atoms with Crippen molar-refractivity contribution < 1.29 is 9.18 Å². The van der Waals surface area contributed by atoms with E-state index >= 15 is 0 Å². The van der Waals surface area contributed by atoms with Crippen molar-refractivity contribution in [3.63, 3.8) is 0 Å². The monoisotopic (exact) mass is 221 g/mol. The third-order valence-corrected chi connectivity index (χ3v) is 3.40. The Balaban J connectivity index is 2.39. The first-order chi connectivity index (χ1) is 7.47. The molecule has 0 radical (unpaired) electrons. The van der Waals surface area contributed by atoms with Crippen LogP contribution in [0.3, 0.4) is 0 Å². The molecule has 1 aliphatic rings. The van der Waals surface area contributed by atoms with E-state index in [9.17, 15) is 9.18 Å². The molecule has 16 heavy (non-hydrogen) atoms. The van der Waals surface area contributed by atoms with E-state index in [-0.39, 0.29) is 17.6 Å². The lowest BCUT2D eigenvalue weighted by Crippen LogP contribution is -2.28. The topological polar surface area (TPSA) is 43.1 Å². The Morgan fingerprint density at radius 2 is 2.06 bits per heavy atom. The molecule has 0 saturated heterocycles. The minimum atomic E-state index is -0.587. The fraction of sp³-hybridized carbons (Fsp3) is 0.462. The third-order valence-electron chi connectivity index (χ3n) is 3.40. The number of nitrogens with two attached hydrogens (primary N) is 1. The van der Waals surface area contributed by atoms with Crippen LogP contribution in [0.25, 0.3) is 0 Å². The lowest BCUT2D eigenvalue weighted by atomic mass is 9.92. The Labute approximate surface area is 94.6 Å². The van der Waals surface area contributed by atoms with Crippen LogP contribution >= 0.6 is 0 Å². The van der Waals surface area contributed by atoms with Crippen LogP contribution in [-0.4, -0.2) is 5.91 Å². The highest BCUT2D eigenvalue weighted by atomic mass is 19.1. The van der Waals surface area contributed by atoms with Crippen LogP contribution in [0.5, 0.6) is 0 Å². The van der Waals surface area contributed by atoms with E-state index < -0.39 is 5.41 Å². The molecule has 1 amide bonds. The number of hydrogen-bond donors (Lipinski definition) is 1. The SMILES string of the molecule is CC(C)c1ccc(C2(C(N)=O)CC2)cc1F. The molecule has 1 aromatic carbocycles. The van der Waals surface area contributed by atoms with E-state index in [4.69, 9.17) is 5.73 Å². The molecule has 0 aromatic heterocycles. The second-order valence-electron chi connectivity index (χ2n) is 4.84. The summed E-state index contributed by atoms with van der Waals surface area (Å²) in [4.78, 5) is 11.3. The van der Waals surface area contributed by atoms with Gasteiger partial charge in [0.15, 0.2) is 0 Å². The van der Waals surface area contributed by atoms with E-state index in [2.05, 4.69) is 0 Å². The molecular weight excluding hydrogens is 205 g/mol. The molecule has 86 valence electrons. The second kappa shape index (κ2) is 3.58. The first kappa shape index (κ1) is 11.1. The van der Waals surface area contributed by atoms with E-state index in [0.29, 0.717) is 5.56 Å². The van der Waals surface area contributed by atoms with E-state index in [0.717, 1.165) is 18.4 Å². The predicted molar refractivity (Wildman–Crippen MR) is 60.6 cm³/mol. The molecule has 3 heteroatoms. The lowest BCUT2D eigenvalue weighted by Gasteiger charge is -2.14. The Bertz CT molecular complexity index is 436. The first-order valence-corrected chi connectivity index (χ1v) is 5.57. The Morgan fingerprint density at radius 3 is 2.44 bits per heavy atom. The van der Waals surface area contributed by atoms with Gasteiger partial charge in [0.05, 0.1) is 5.41 Å². The lowest BCUT2D eigenvalue weighted by molar-refractivity contribution is -0.120. The van der Waals surface area contributed by atoms with Crippen LogP contribution in [0.4, 0.5) is 4.39 Å². The molecule has 0 spiro atoms. The van der Waals surface area contributed by atoms with Gasteiger partial charge in [0.2, 0.25) is 5.91 Å². The van der Waals surface area contributed by atoms with Crippen molar-refractivity contribution in [2.24, 2.45) is 5.73 Å². The summed E-state index contributed by atoms with van der Waals surface area (Å²) in [5.41, 5.74) is 6.17. The zero-order valence-electron chi connectivity index (χ0n) is 9.59. The number of halogens is 1. The van der Waals surface area contributed by atoms with Crippen LogP contribution in [0.2, 0.25) is 0 Å². The number of amides is 1. The minimum Gasteiger partial charge on any atom is -0.369 e. The third kappa shape index (κ3) is 1.60. The van der Waals surface area contributed by atoms with E-state index in [1.54, 1.807) is 6.07 Å². The highest BCUT2D eigenvalue weighted by Crippen LogP contribution is 2.48. The summed E-state index contributed by atoms with van der Waals surface area (Å²) in [6.45, 7) is 3.89. The van der Waals surface area contributed by atoms with Crippen molar-refractivity contribution in [3.05, 3.63) is 35.1 Å². The Kier molecular flexibility index (Phi) is 2.49. The van der Waals surface area contributed by atoms with Gasteiger partial charge in [0, 0.05) is 0 Å². The summed E-state index contributed by atoms with van der Waals surface area (Å²) in [5, 5.41) is 0. The van der Waals surface area contributed by atoms with Crippen LogP contribution in [-0.2, 0) is 10.2 Å². The van der Waals surface area contributed by atoms with Crippen LogP contribution in [0.15, 0.2) is 18.2 Å². The zero-order valence-corrected chi connectivity index (χ0v) is 9.59. The summed E-state index contributed by atoms with van der Waals surface area (Å²) >= 11 is 0. The van der Waals surface area contributed by atoms with Crippen molar-refractivity contribution in [2.45, 2.75) is 38.0 Å². The normalized spacial score (nSPS) is 17.5. The molecule has 1 saturated carbocycles. The average Bonchev–Trinajstić information content (AvgIpc) is 2.97. The Morgan fingerprint density at radius 1 is 1.44 bits per heavy atom. The molecule has 1 aliphatic carbocycles. The predicted octanol–water partition coefficient (Wildman–Crippen LogP) is 2.47. The maximum absolute atomic E-state index is 13.8. The van der Waals surface area contributed by atoms with Gasteiger partial charge >= 0.3 is 0 Å². The molecule has 0 aliphatic heterocycles. The first-order valence-electron chi connectivity index (χ1n) is 5.57. The number of hydrogen-bond acceptors (Lipinski definition) is 1. The van der Waals surface area contributed by atoms with Crippen LogP contribution < -0.4 is 5.73 Å². The quantitative estimate of drug-likeness (QED) is 0.837. The summed E-state index contributed by atoms with van der Waals surface area (Å²) < 4.78 is 13.8. The van der Waals surface area contributed by atoms with Crippen molar-refractivity contribution in [2.75, 3.05) is 0 Å². The molecule has 0 unspecified atom stereocenters. The maximum atomic E-state index is 13.8. The van der Waals surface area contributed by atoms with Crippen LogP contribution in [0.1, 0.15) is 43.7 Å². The van der Waals surface area contributed by atoms with Crippen molar-refractivity contribution in [1.29, 1.82) is 0 Å². The van der Waals surface area contributed by atoms with Crippen LogP contribution in [0, 0.1) is 5.82 Å². The van der Waals surface area contributed by atoms with Gasteiger partial charge in [-0.05, 0) is 36.0 Å². The van der Waals surface area contributed by atoms with Gasteiger partial charge in [-0.25, -0.2) is 4.39 Å². The number of benzene rings is 1. The highest BCUT2D eigenvalue weighted by molar-refractivity contribution is 5.89. The number of primary amides is 1. The van der Waals surface area contributed by atoms with Gasteiger partial charge in [-0.15, -0.1) is 0 Å². The summed E-state index contributed by atoms with van der Waals surface area (Å²) in [5.74, 6) is -0.429. The average molecular weight is 221 g/mol. The second-order valence-corrected chi connectivity index (χ2v) is 4.84. The summed E-state index contributed by atoms with van der Waals surface area (Å²) in [7, 11) is 0. The molecular formula is C13H16FNO. The molecule has 0 atom stereocenters. The van der Waals surface area contributed by atoms with Gasteiger partial charge in [-0.3, -0.25) is 4.79 Å². The molecule has 2 rings (SSSR count). The van der Waals surface area contributed by atoms with Gasteiger partial charge in [0.25, 0.3) is 0 Å². The largest absolute Gasteiger partial charge is 0.369 e. The number of carbonyl (C=O) groups is 1. The van der Waals surface area contributed by atoms with E-state index in [1.807, 2.05) is 19.9 Å². The zero-order chi connectivity index (χ0) is 11.9. The standard InChI is InChI=1S/C13H16FNO/c1-8(2)10-4-3-9(7-11(10)14)13(5-6-13)12(15)16/h3-4,7-8H,5-6H2,1-2H3,(H2,15,16). The van der Waals surface area contributed by atoms with Gasteiger partial charge in [-0.1, -0.05) is 26.0 Å². The highest BCUT2D eigenvalue weighted by Gasteiger charge is 2.50. The molecule has 0 bridgehead atoms. The van der Waals surface area contributed by atoms with Crippen molar-refractivity contribution in [3.8, 4) is 0 Å². The number of carbonyl (C=O) groups excluding carboxylic acids is 1. The molecule has 2 N–H and O–H groups in total. The Hall–Kier alpha value is -1.38. The minimum absolute atomic E-state index is 0.151. The van der Waals surface area contributed by atoms with Gasteiger partial charge in [0.1, 0.15) is 5.82 Å².